The third-order valence-electron chi connectivity index (χ3n) is 3.23. The molecule has 1 rings (SSSR count). The van der Waals surface area contributed by atoms with Crippen LogP contribution in [0, 0.1) is 17.2 Å². The van der Waals surface area contributed by atoms with Gasteiger partial charge >= 0.3 is 0 Å². The highest BCUT2D eigenvalue weighted by atomic mass is 15.1. The average Bonchev–Trinajstić information content (AvgIpc) is 2.45. The molecule has 1 aliphatic rings. The summed E-state index contributed by atoms with van der Waals surface area (Å²) in [4.78, 5) is 2.39. The molecule has 0 aromatic rings. The Morgan fingerprint density at radius 1 is 1.29 bits per heavy atom. The summed E-state index contributed by atoms with van der Waals surface area (Å²) < 4.78 is 0. The molecule has 0 saturated heterocycles. The van der Waals surface area contributed by atoms with Crippen molar-refractivity contribution < 1.29 is 0 Å². The van der Waals surface area contributed by atoms with Crippen LogP contribution in [0.5, 0.6) is 0 Å². The van der Waals surface area contributed by atoms with Crippen LogP contribution in [0.3, 0.4) is 0 Å². The monoisotopic (exact) mass is 194 g/mol. The molecule has 1 atom stereocenters. The Bertz CT molecular complexity index is 187. The van der Waals surface area contributed by atoms with Gasteiger partial charge in [0, 0.05) is 12.6 Å². The number of hydrogen-bond acceptors (Lipinski definition) is 2. The Hall–Kier alpha value is -0.550. The lowest BCUT2D eigenvalue weighted by molar-refractivity contribution is 0.207. The van der Waals surface area contributed by atoms with E-state index in [1.807, 2.05) is 6.92 Å². The molecule has 0 bridgehead atoms. The topological polar surface area (TPSA) is 27.0 Å². The van der Waals surface area contributed by atoms with Crippen LogP contribution in [0.25, 0.3) is 0 Å². The Labute approximate surface area is 87.9 Å². The second-order valence-electron chi connectivity index (χ2n) is 4.62. The van der Waals surface area contributed by atoms with Gasteiger partial charge in [0.1, 0.15) is 0 Å². The van der Waals surface area contributed by atoms with E-state index >= 15 is 0 Å². The largest absolute Gasteiger partial charge is 0.302 e. The molecular formula is C12H22N2. The van der Waals surface area contributed by atoms with Gasteiger partial charge in [-0.2, -0.15) is 5.26 Å². The fraction of sp³-hybridized carbons (Fsp3) is 0.917. The third-order valence-corrected chi connectivity index (χ3v) is 3.23. The van der Waals surface area contributed by atoms with E-state index in [0.29, 0.717) is 0 Å². The molecule has 1 aliphatic carbocycles. The maximum atomic E-state index is 8.76. The predicted octanol–water partition coefficient (Wildman–Crippen LogP) is 2.80. The molecule has 80 valence electrons. The molecule has 1 saturated carbocycles. The molecule has 0 amide bonds. The summed E-state index contributed by atoms with van der Waals surface area (Å²) in [7, 11) is 2.17. The minimum Gasteiger partial charge on any atom is -0.302 e. The van der Waals surface area contributed by atoms with Crippen molar-refractivity contribution in [3.05, 3.63) is 0 Å². The van der Waals surface area contributed by atoms with E-state index in [9.17, 15) is 0 Å². The summed E-state index contributed by atoms with van der Waals surface area (Å²) in [5.41, 5.74) is 0. The lowest BCUT2D eigenvalue weighted by atomic mass is 10.1. The van der Waals surface area contributed by atoms with Crippen molar-refractivity contribution in [1.82, 2.24) is 4.90 Å². The fourth-order valence-corrected chi connectivity index (χ4v) is 2.32. The maximum Gasteiger partial charge on any atom is 0.0666 e. The molecule has 0 aromatic heterocycles. The lowest BCUT2D eigenvalue weighted by Crippen LogP contribution is -2.34. The predicted molar refractivity (Wildman–Crippen MR) is 58.9 cm³/mol. The zero-order valence-electron chi connectivity index (χ0n) is 9.50. The summed E-state index contributed by atoms with van der Waals surface area (Å²) in [5, 5.41) is 8.76. The Kier molecular flexibility index (Phi) is 4.97. The van der Waals surface area contributed by atoms with Gasteiger partial charge in [0.05, 0.1) is 12.0 Å². The normalized spacial score (nSPS) is 21.6. The molecule has 0 heterocycles. The summed E-state index contributed by atoms with van der Waals surface area (Å²) >= 11 is 0. The van der Waals surface area contributed by atoms with Crippen molar-refractivity contribution >= 4 is 0 Å². The summed E-state index contributed by atoms with van der Waals surface area (Å²) in [6.45, 7) is 2.94. The summed E-state index contributed by atoms with van der Waals surface area (Å²) in [5.74, 6) is 0.170. The van der Waals surface area contributed by atoms with Crippen LogP contribution in [0.1, 0.15) is 45.4 Å². The van der Waals surface area contributed by atoms with Crippen LogP contribution in [-0.4, -0.2) is 24.5 Å². The van der Waals surface area contributed by atoms with E-state index in [1.54, 1.807) is 0 Å². The van der Waals surface area contributed by atoms with Crippen LogP contribution in [0.15, 0.2) is 0 Å². The average molecular weight is 194 g/mol. The third kappa shape index (κ3) is 3.67. The zero-order valence-corrected chi connectivity index (χ0v) is 9.50. The second-order valence-corrected chi connectivity index (χ2v) is 4.62. The van der Waals surface area contributed by atoms with Gasteiger partial charge in [-0.05, 0) is 26.8 Å². The van der Waals surface area contributed by atoms with E-state index in [-0.39, 0.29) is 5.92 Å². The molecule has 2 heteroatoms. The van der Waals surface area contributed by atoms with Gasteiger partial charge in [-0.15, -0.1) is 0 Å². The first-order valence-electron chi connectivity index (χ1n) is 5.84. The van der Waals surface area contributed by atoms with Gasteiger partial charge in [-0.25, -0.2) is 0 Å². The van der Waals surface area contributed by atoms with E-state index in [0.717, 1.165) is 12.6 Å². The highest BCUT2D eigenvalue weighted by Crippen LogP contribution is 2.21. The van der Waals surface area contributed by atoms with Crippen LogP contribution in [0.4, 0.5) is 0 Å². The minimum absolute atomic E-state index is 0.170. The standard InChI is InChI=1S/C12H22N2/c1-11(9-13)10-14(2)12-7-5-3-4-6-8-12/h11-12H,3-8,10H2,1-2H3. The van der Waals surface area contributed by atoms with Gasteiger partial charge in [0.15, 0.2) is 0 Å². The number of nitriles is 1. The van der Waals surface area contributed by atoms with E-state index in [4.69, 9.17) is 5.26 Å². The first-order valence-corrected chi connectivity index (χ1v) is 5.84. The van der Waals surface area contributed by atoms with Crippen molar-refractivity contribution in [3.63, 3.8) is 0 Å². The minimum atomic E-state index is 0.170. The molecule has 2 nitrogen and oxygen atoms in total. The molecule has 0 aromatic carbocycles. The van der Waals surface area contributed by atoms with E-state index in [2.05, 4.69) is 18.0 Å². The van der Waals surface area contributed by atoms with Crippen molar-refractivity contribution in [2.75, 3.05) is 13.6 Å². The number of nitrogens with zero attached hydrogens (tertiary/aromatic N) is 2. The fourth-order valence-electron chi connectivity index (χ4n) is 2.32. The van der Waals surface area contributed by atoms with E-state index < -0.39 is 0 Å². The van der Waals surface area contributed by atoms with Gasteiger partial charge < -0.3 is 4.90 Å². The molecule has 0 radical (unpaired) electrons. The number of hydrogen-bond donors (Lipinski definition) is 0. The second kappa shape index (κ2) is 6.03. The lowest BCUT2D eigenvalue weighted by Gasteiger charge is -2.27. The molecule has 1 fully saturated rings. The molecule has 0 N–H and O–H groups in total. The van der Waals surface area contributed by atoms with Gasteiger partial charge in [-0.3, -0.25) is 0 Å². The smallest absolute Gasteiger partial charge is 0.0666 e. The number of rotatable bonds is 3. The first-order chi connectivity index (χ1) is 6.74. The highest BCUT2D eigenvalue weighted by molar-refractivity contribution is 4.83. The van der Waals surface area contributed by atoms with Crippen molar-refractivity contribution in [2.24, 2.45) is 5.92 Å². The van der Waals surface area contributed by atoms with Crippen LogP contribution >= 0.6 is 0 Å². The zero-order chi connectivity index (χ0) is 10.4. The Balaban J connectivity index is 2.34. The Morgan fingerprint density at radius 2 is 1.86 bits per heavy atom. The molecular weight excluding hydrogens is 172 g/mol. The van der Waals surface area contributed by atoms with Crippen LogP contribution < -0.4 is 0 Å². The van der Waals surface area contributed by atoms with E-state index in [1.165, 1.54) is 38.5 Å². The van der Waals surface area contributed by atoms with Crippen LogP contribution in [0.2, 0.25) is 0 Å². The van der Waals surface area contributed by atoms with Gasteiger partial charge in [0.25, 0.3) is 0 Å². The van der Waals surface area contributed by atoms with Crippen molar-refractivity contribution in [1.29, 1.82) is 5.26 Å². The van der Waals surface area contributed by atoms with Crippen molar-refractivity contribution in [3.8, 4) is 6.07 Å². The Morgan fingerprint density at radius 3 is 2.36 bits per heavy atom. The van der Waals surface area contributed by atoms with Crippen molar-refractivity contribution in [2.45, 2.75) is 51.5 Å². The van der Waals surface area contributed by atoms with Gasteiger partial charge in [0.2, 0.25) is 0 Å². The summed E-state index contributed by atoms with van der Waals surface area (Å²) in [6, 6.07) is 3.04. The molecule has 0 aliphatic heterocycles. The SMILES string of the molecule is CC(C#N)CN(C)C1CCCCCC1. The quantitative estimate of drug-likeness (QED) is 0.646. The first kappa shape index (κ1) is 11.5. The summed E-state index contributed by atoms with van der Waals surface area (Å²) in [6.07, 6.45) is 8.20. The van der Waals surface area contributed by atoms with Gasteiger partial charge in [-0.1, -0.05) is 25.7 Å². The van der Waals surface area contributed by atoms with Crippen LogP contribution in [-0.2, 0) is 0 Å². The molecule has 14 heavy (non-hydrogen) atoms. The highest BCUT2D eigenvalue weighted by Gasteiger charge is 2.17. The molecule has 1 unspecified atom stereocenters. The molecule has 0 spiro atoms. The maximum absolute atomic E-state index is 8.76.